The Balaban J connectivity index is 1.67. The number of carboxylic acid groups (broad SMARTS) is 1. The second-order valence-electron chi connectivity index (χ2n) is 8.94. The Kier molecular flexibility index (Phi) is 6.92. The fourth-order valence-corrected chi connectivity index (χ4v) is 4.95. The predicted octanol–water partition coefficient (Wildman–Crippen LogP) is 4.45. The molecule has 0 bridgehead atoms. The number of aromatic carboxylic acids is 1. The van der Waals surface area contributed by atoms with E-state index in [1.807, 2.05) is 59.5 Å². The lowest BCUT2D eigenvalue weighted by Crippen LogP contribution is -2.45. The third kappa shape index (κ3) is 4.93. The van der Waals surface area contributed by atoms with Crippen molar-refractivity contribution in [2.75, 3.05) is 18.0 Å². The van der Waals surface area contributed by atoms with E-state index in [0.29, 0.717) is 18.8 Å². The van der Waals surface area contributed by atoms with Crippen molar-refractivity contribution < 1.29 is 9.90 Å². The average molecular weight is 517 g/mol. The van der Waals surface area contributed by atoms with Gasteiger partial charge in [-0.15, -0.1) is 0 Å². The summed E-state index contributed by atoms with van der Waals surface area (Å²) < 4.78 is 2.46. The predicted molar refractivity (Wildman–Crippen MR) is 143 cm³/mol. The van der Waals surface area contributed by atoms with E-state index in [0.717, 1.165) is 40.5 Å². The Labute approximate surface area is 218 Å². The van der Waals surface area contributed by atoms with Gasteiger partial charge in [-0.3, -0.25) is 0 Å². The van der Waals surface area contributed by atoms with Crippen LogP contribution < -0.4 is 16.3 Å². The molecule has 9 heteroatoms. The van der Waals surface area contributed by atoms with Crippen LogP contribution in [0, 0.1) is 0 Å². The number of carboxylic acids is 1. The molecule has 0 radical (unpaired) electrons. The highest BCUT2D eigenvalue weighted by molar-refractivity contribution is 6.33. The number of hydrogen-bond acceptors (Lipinski definition) is 5. The van der Waals surface area contributed by atoms with Crippen molar-refractivity contribution in [1.82, 2.24) is 14.1 Å². The zero-order valence-electron chi connectivity index (χ0n) is 20.0. The number of carbonyl (C=O) groups is 1. The van der Waals surface area contributed by atoms with Gasteiger partial charge >= 0.3 is 17.3 Å². The van der Waals surface area contributed by atoms with Gasteiger partial charge in [0.2, 0.25) is 5.95 Å². The van der Waals surface area contributed by atoms with Crippen LogP contribution in [0.2, 0.25) is 5.02 Å². The van der Waals surface area contributed by atoms with Gasteiger partial charge in [0.15, 0.2) is 0 Å². The number of nitrogens with zero attached hydrogens (tertiary/aromatic N) is 4. The summed E-state index contributed by atoms with van der Waals surface area (Å²) >= 11 is 6.26. The van der Waals surface area contributed by atoms with Crippen molar-refractivity contribution in [2.45, 2.75) is 25.8 Å². The lowest BCUT2D eigenvalue weighted by molar-refractivity contribution is 0.0697. The molecule has 1 N–H and O–H groups in total. The molecule has 4 aromatic rings. The lowest BCUT2D eigenvalue weighted by atomic mass is 10.00. The normalized spacial score (nSPS) is 13.5. The summed E-state index contributed by atoms with van der Waals surface area (Å²) in [5.74, 6) is -0.929. The van der Waals surface area contributed by atoms with E-state index in [1.54, 1.807) is 0 Å². The maximum Gasteiger partial charge on any atom is 0.355 e. The molecule has 0 saturated carbocycles. The molecule has 8 nitrogen and oxygen atoms in total. The summed E-state index contributed by atoms with van der Waals surface area (Å²) in [5.41, 5.74) is 1.75. The van der Waals surface area contributed by atoms with E-state index >= 15 is 0 Å². The van der Waals surface area contributed by atoms with Gasteiger partial charge in [0.25, 0.3) is 0 Å². The summed E-state index contributed by atoms with van der Waals surface area (Å²) in [4.78, 5) is 45.0. The summed E-state index contributed by atoms with van der Waals surface area (Å²) in [6.07, 6.45) is 2.90. The van der Waals surface area contributed by atoms with E-state index in [-0.39, 0.29) is 23.1 Å². The van der Waals surface area contributed by atoms with Crippen LogP contribution in [0.3, 0.4) is 0 Å². The van der Waals surface area contributed by atoms with Gasteiger partial charge in [-0.25, -0.2) is 23.5 Å². The molecule has 1 fully saturated rings. The smallest absolute Gasteiger partial charge is 0.355 e. The van der Waals surface area contributed by atoms with Crippen LogP contribution >= 0.6 is 11.6 Å². The maximum atomic E-state index is 13.9. The second kappa shape index (κ2) is 10.4. The Bertz CT molecular complexity index is 1570. The largest absolute Gasteiger partial charge is 0.478 e. The highest BCUT2D eigenvalue weighted by Crippen LogP contribution is 2.25. The molecule has 3 aromatic carbocycles. The monoisotopic (exact) mass is 516 g/mol. The molecule has 0 spiro atoms. The molecule has 0 aliphatic carbocycles. The number of halogens is 1. The molecule has 0 unspecified atom stereocenters. The van der Waals surface area contributed by atoms with Crippen molar-refractivity contribution in [3.63, 3.8) is 0 Å². The van der Waals surface area contributed by atoms with Gasteiger partial charge < -0.3 is 10.0 Å². The molecule has 2 heterocycles. The molecule has 0 atom stereocenters. The molecule has 1 aromatic heterocycles. The van der Waals surface area contributed by atoms with Gasteiger partial charge in [0.05, 0.1) is 22.8 Å². The van der Waals surface area contributed by atoms with Gasteiger partial charge in [-0.2, -0.15) is 4.98 Å². The van der Waals surface area contributed by atoms with Crippen LogP contribution in [0.5, 0.6) is 0 Å². The molecule has 37 heavy (non-hydrogen) atoms. The Morgan fingerprint density at radius 2 is 1.62 bits per heavy atom. The molecule has 188 valence electrons. The van der Waals surface area contributed by atoms with E-state index in [9.17, 15) is 19.5 Å². The highest BCUT2D eigenvalue weighted by atomic mass is 35.5. The van der Waals surface area contributed by atoms with E-state index < -0.39 is 17.3 Å². The minimum atomic E-state index is -1.17. The molecule has 0 amide bonds. The first-order valence-corrected chi connectivity index (χ1v) is 12.5. The van der Waals surface area contributed by atoms with Crippen molar-refractivity contribution in [2.24, 2.45) is 0 Å². The third-order valence-electron chi connectivity index (χ3n) is 6.56. The fraction of sp³-hybridized carbons (Fsp3) is 0.214. The van der Waals surface area contributed by atoms with Crippen LogP contribution in [0.1, 0.15) is 35.2 Å². The molecular weight excluding hydrogens is 492 g/mol. The number of piperidine rings is 1. The Morgan fingerprint density at radius 3 is 2.32 bits per heavy atom. The third-order valence-corrected chi connectivity index (χ3v) is 6.87. The quantitative estimate of drug-likeness (QED) is 0.406. The van der Waals surface area contributed by atoms with Crippen LogP contribution in [0.15, 0.2) is 82.4 Å². The van der Waals surface area contributed by atoms with Crippen molar-refractivity contribution in [3.05, 3.63) is 110 Å². The first kappa shape index (κ1) is 24.5. The van der Waals surface area contributed by atoms with Crippen molar-refractivity contribution >= 4 is 23.5 Å². The van der Waals surface area contributed by atoms with Crippen LogP contribution in [0.4, 0.5) is 5.95 Å². The molecule has 1 saturated heterocycles. The zero-order chi connectivity index (χ0) is 25.9. The van der Waals surface area contributed by atoms with E-state index in [4.69, 9.17) is 11.6 Å². The summed E-state index contributed by atoms with van der Waals surface area (Å²) in [5, 5.41) is 9.38. The SMILES string of the molecule is O=C(O)c1ccc(-n2c(N3CCCCC3)nc(=O)n(Cc3ccccc3-c3ccccc3)c2=O)cc1Cl. The van der Waals surface area contributed by atoms with E-state index in [1.165, 1.54) is 22.8 Å². The summed E-state index contributed by atoms with van der Waals surface area (Å²) in [7, 11) is 0. The summed E-state index contributed by atoms with van der Waals surface area (Å²) in [6.45, 7) is 1.35. The van der Waals surface area contributed by atoms with Gasteiger partial charge in [-0.05, 0) is 54.2 Å². The standard InChI is InChI=1S/C28H25ClN4O4/c29-24-17-21(13-14-23(24)25(34)35)33-26(31-15-7-2-8-16-31)30-27(36)32(28(33)37)18-20-11-5-6-12-22(20)19-9-3-1-4-10-19/h1,3-6,9-14,17H,2,7-8,15-16,18H2,(H,34,35). The molecule has 1 aliphatic rings. The minimum absolute atomic E-state index is 0.00586. The van der Waals surface area contributed by atoms with Crippen molar-refractivity contribution in [1.29, 1.82) is 0 Å². The van der Waals surface area contributed by atoms with Crippen LogP contribution in [0.25, 0.3) is 16.8 Å². The van der Waals surface area contributed by atoms with Crippen LogP contribution in [-0.4, -0.2) is 38.3 Å². The van der Waals surface area contributed by atoms with Gasteiger partial charge in [-0.1, -0.05) is 66.2 Å². The molecule has 1 aliphatic heterocycles. The lowest BCUT2D eigenvalue weighted by Gasteiger charge is -2.29. The van der Waals surface area contributed by atoms with Gasteiger partial charge in [0, 0.05) is 13.1 Å². The average Bonchev–Trinajstić information content (AvgIpc) is 2.91. The molecule has 5 rings (SSSR count). The fourth-order valence-electron chi connectivity index (χ4n) is 4.70. The van der Waals surface area contributed by atoms with Crippen molar-refractivity contribution in [3.8, 4) is 16.8 Å². The van der Waals surface area contributed by atoms with Crippen LogP contribution in [-0.2, 0) is 6.54 Å². The first-order chi connectivity index (χ1) is 17.9. The van der Waals surface area contributed by atoms with Gasteiger partial charge in [0.1, 0.15) is 0 Å². The Hall–Kier alpha value is -4.17. The summed E-state index contributed by atoms with van der Waals surface area (Å²) in [6, 6.07) is 21.7. The highest BCUT2D eigenvalue weighted by Gasteiger charge is 2.23. The number of aromatic nitrogens is 3. The van der Waals surface area contributed by atoms with E-state index in [2.05, 4.69) is 4.98 Å². The molecular formula is C28H25ClN4O4. The topological polar surface area (TPSA) is 97.4 Å². The first-order valence-electron chi connectivity index (χ1n) is 12.1. The second-order valence-corrected chi connectivity index (χ2v) is 9.35. The number of anilines is 1. The zero-order valence-corrected chi connectivity index (χ0v) is 20.8. The number of benzene rings is 3. The maximum absolute atomic E-state index is 13.9. The number of rotatable bonds is 6. The number of hydrogen-bond donors (Lipinski definition) is 1. The minimum Gasteiger partial charge on any atom is -0.478 e. The Morgan fingerprint density at radius 1 is 0.919 bits per heavy atom.